The summed E-state index contributed by atoms with van der Waals surface area (Å²) in [7, 11) is 0. The minimum absolute atomic E-state index is 0.0737. The standard InChI is InChI=1S/C25H20N2O4/c1-12(27-24(30)20-13-6-7-14(10-13)21(20)25(27)31)23(29)26-15-8-9-17-16-4-2-3-5-18(16)22(28)19(17)11-15/h2-9,11-14,20-21H,10H2,1H3,(H,26,29)/t12-,13+,14+,20+,21+/m1/s1. The molecule has 1 saturated carbocycles. The topological polar surface area (TPSA) is 83.6 Å². The molecule has 154 valence electrons. The van der Waals surface area contributed by atoms with Crippen LogP contribution in [0.5, 0.6) is 0 Å². The fourth-order valence-electron chi connectivity index (χ4n) is 5.78. The second-order valence-electron chi connectivity index (χ2n) is 8.85. The number of benzene rings is 2. The summed E-state index contributed by atoms with van der Waals surface area (Å²) in [4.78, 5) is 52.7. The Bertz CT molecular complexity index is 1200. The van der Waals surface area contributed by atoms with Gasteiger partial charge in [0, 0.05) is 16.8 Å². The summed E-state index contributed by atoms with van der Waals surface area (Å²) in [5, 5.41) is 2.79. The maximum atomic E-state index is 13.0. The molecule has 6 heteroatoms. The second kappa shape index (κ2) is 6.23. The maximum absolute atomic E-state index is 13.0. The van der Waals surface area contributed by atoms with Crippen molar-refractivity contribution < 1.29 is 19.2 Å². The summed E-state index contributed by atoms with van der Waals surface area (Å²) >= 11 is 0. The molecule has 1 aliphatic heterocycles. The lowest BCUT2D eigenvalue weighted by Crippen LogP contribution is -2.46. The van der Waals surface area contributed by atoms with Crippen molar-refractivity contribution in [2.75, 3.05) is 5.32 Å². The van der Waals surface area contributed by atoms with Crippen molar-refractivity contribution in [1.82, 2.24) is 4.90 Å². The first-order valence-corrected chi connectivity index (χ1v) is 10.6. The number of anilines is 1. The highest BCUT2D eigenvalue weighted by atomic mass is 16.2. The van der Waals surface area contributed by atoms with Crippen LogP contribution in [0.3, 0.4) is 0 Å². The molecular formula is C25H20N2O4. The second-order valence-corrected chi connectivity index (χ2v) is 8.85. The van der Waals surface area contributed by atoms with E-state index in [1.54, 1.807) is 25.1 Å². The monoisotopic (exact) mass is 412 g/mol. The Labute approximate surface area is 178 Å². The van der Waals surface area contributed by atoms with E-state index in [1.165, 1.54) is 0 Å². The molecule has 2 aromatic rings. The maximum Gasteiger partial charge on any atom is 0.247 e. The lowest BCUT2D eigenvalue weighted by molar-refractivity contribution is -0.146. The van der Waals surface area contributed by atoms with Crippen LogP contribution in [-0.4, -0.2) is 34.4 Å². The highest BCUT2D eigenvalue weighted by Gasteiger charge is 2.60. The van der Waals surface area contributed by atoms with Gasteiger partial charge in [-0.2, -0.15) is 0 Å². The van der Waals surface area contributed by atoms with Gasteiger partial charge >= 0.3 is 0 Å². The van der Waals surface area contributed by atoms with E-state index in [1.807, 2.05) is 36.4 Å². The summed E-state index contributed by atoms with van der Waals surface area (Å²) in [6.07, 6.45) is 4.92. The van der Waals surface area contributed by atoms with Gasteiger partial charge in [0.15, 0.2) is 5.78 Å². The van der Waals surface area contributed by atoms with Crippen molar-refractivity contribution in [3.63, 3.8) is 0 Å². The minimum Gasteiger partial charge on any atom is -0.324 e. The van der Waals surface area contributed by atoms with Crippen molar-refractivity contribution in [3.05, 3.63) is 65.7 Å². The lowest BCUT2D eigenvalue weighted by Gasteiger charge is -2.24. The van der Waals surface area contributed by atoms with E-state index in [2.05, 4.69) is 5.32 Å². The predicted octanol–water partition coefficient (Wildman–Crippen LogP) is 3.03. The molecule has 6 nitrogen and oxygen atoms in total. The zero-order valence-corrected chi connectivity index (χ0v) is 16.9. The van der Waals surface area contributed by atoms with Gasteiger partial charge in [0.25, 0.3) is 0 Å². The van der Waals surface area contributed by atoms with Crippen molar-refractivity contribution in [2.24, 2.45) is 23.7 Å². The molecule has 3 aliphatic carbocycles. The molecule has 0 aromatic heterocycles. The van der Waals surface area contributed by atoms with Crippen molar-refractivity contribution in [2.45, 2.75) is 19.4 Å². The number of allylic oxidation sites excluding steroid dienone is 2. The Balaban J connectivity index is 1.23. The van der Waals surface area contributed by atoms with Crippen LogP contribution in [-0.2, 0) is 14.4 Å². The van der Waals surface area contributed by atoms with Gasteiger partial charge in [0.2, 0.25) is 17.7 Å². The molecule has 1 heterocycles. The van der Waals surface area contributed by atoms with Gasteiger partial charge in [0.05, 0.1) is 11.8 Å². The fourth-order valence-corrected chi connectivity index (χ4v) is 5.78. The van der Waals surface area contributed by atoms with Gasteiger partial charge in [-0.1, -0.05) is 42.5 Å². The SMILES string of the molecule is C[C@H](C(=O)Nc1ccc2c(c1)C(=O)c1ccccc1-2)N1C(=O)[C@@H]2[C@@H](C1=O)[C@H]1C=C[C@H]2C1. The molecule has 1 saturated heterocycles. The summed E-state index contributed by atoms with van der Waals surface area (Å²) in [5.74, 6) is -1.43. The molecule has 31 heavy (non-hydrogen) atoms. The number of fused-ring (bicyclic) bond motifs is 8. The number of amides is 3. The van der Waals surface area contributed by atoms with E-state index < -0.39 is 11.9 Å². The number of likely N-dealkylation sites (tertiary alicyclic amines) is 1. The Morgan fingerprint density at radius 1 is 0.903 bits per heavy atom. The summed E-state index contributed by atoms with van der Waals surface area (Å²) in [6.45, 7) is 1.58. The van der Waals surface area contributed by atoms with Crippen LogP contribution in [0.4, 0.5) is 5.69 Å². The molecule has 5 atom stereocenters. The number of rotatable bonds is 3. The molecule has 0 unspecified atom stereocenters. The number of nitrogens with one attached hydrogen (secondary N) is 1. The van der Waals surface area contributed by atoms with Crippen LogP contribution < -0.4 is 5.32 Å². The Kier molecular flexibility index (Phi) is 3.67. The lowest BCUT2D eigenvalue weighted by atomic mass is 9.85. The highest BCUT2D eigenvalue weighted by Crippen LogP contribution is 2.52. The smallest absolute Gasteiger partial charge is 0.247 e. The summed E-state index contributed by atoms with van der Waals surface area (Å²) < 4.78 is 0. The van der Waals surface area contributed by atoms with Crippen LogP contribution in [0.2, 0.25) is 0 Å². The van der Waals surface area contributed by atoms with Crippen LogP contribution in [0.15, 0.2) is 54.6 Å². The van der Waals surface area contributed by atoms with E-state index in [-0.39, 0.29) is 41.3 Å². The third-order valence-corrected chi connectivity index (χ3v) is 7.26. The Morgan fingerprint density at radius 2 is 1.52 bits per heavy atom. The van der Waals surface area contributed by atoms with E-state index in [0.717, 1.165) is 22.4 Å². The number of hydrogen-bond acceptors (Lipinski definition) is 4. The number of carbonyl (C=O) groups excluding carboxylic acids is 4. The van der Waals surface area contributed by atoms with Gasteiger partial charge in [-0.3, -0.25) is 24.1 Å². The zero-order chi connectivity index (χ0) is 21.4. The average Bonchev–Trinajstić information content (AvgIpc) is 3.51. The number of imide groups is 1. The number of hydrogen-bond donors (Lipinski definition) is 1. The third-order valence-electron chi connectivity index (χ3n) is 7.26. The molecule has 1 N–H and O–H groups in total. The molecule has 4 aliphatic rings. The number of nitrogens with zero attached hydrogens (tertiary/aromatic N) is 1. The van der Waals surface area contributed by atoms with Crippen LogP contribution in [0.25, 0.3) is 11.1 Å². The van der Waals surface area contributed by atoms with Crippen molar-refractivity contribution in [1.29, 1.82) is 0 Å². The van der Waals surface area contributed by atoms with Gasteiger partial charge < -0.3 is 5.32 Å². The predicted molar refractivity (Wildman–Crippen MR) is 113 cm³/mol. The van der Waals surface area contributed by atoms with Crippen LogP contribution in [0, 0.1) is 23.7 Å². The molecule has 0 spiro atoms. The first kappa shape index (κ1) is 18.2. The van der Waals surface area contributed by atoms with Crippen LogP contribution >= 0.6 is 0 Å². The van der Waals surface area contributed by atoms with Gasteiger partial charge in [-0.25, -0.2) is 0 Å². The first-order chi connectivity index (χ1) is 15.0. The van der Waals surface area contributed by atoms with Gasteiger partial charge in [-0.05, 0) is 48.4 Å². The third kappa shape index (κ3) is 2.39. The highest BCUT2D eigenvalue weighted by molar-refractivity contribution is 6.22. The van der Waals surface area contributed by atoms with E-state index in [0.29, 0.717) is 16.8 Å². The van der Waals surface area contributed by atoms with Gasteiger partial charge in [0.1, 0.15) is 6.04 Å². The first-order valence-electron chi connectivity index (χ1n) is 10.6. The molecule has 6 rings (SSSR count). The van der Waals surface area contributed by atoms with E-state index in [4.69, 9.17) is 0 Å². The largest absolute Gasteiger partial charge is 0.324 e. The molecule has 3 amide bonds. The zero-order valence-electron chi connectivity index (χ0n) is 16.9. The Hall–Kier alpha value is -3.54. The molecular weight excluding hydrogens is 392 g/mol. The quantitative estimate of drug-likeness (QED) is 0.529. The van der Waals surface area contributed by atoms with Gasteiger partial charge in [-0.15, -0.1) is 0 Å². The minimum atomic E-state index is -0.911. The number of ketones is 1. The summed E-state index contributed by atoms with van der Waals surface area (Å²) in [5.41, 5.74) is 3.39. The molecule has 0 radical (unpaired) electrons. The normalized spacial score (nSPS) is 28.0. The van der Waals surface area contributed by atoms with Crippen molar-refractivity contribution in [3.8, 4) is 11.1 Å². The van der Waals surface area contributed by atoms with Crippen molar-refractivity contribution >= 4 is 29.2 Å². The van der Waals surface area contributed by atoms with E-state index in [9.17, 15) is 19.2 Å². The Morgan fingerprint density at radius 3 is 2.19 bits per heavy atom. The fraction of sp³-hybridized carbons (Fsp3) is 0.280. The molecule has 2 fully saturated rings. The summed E-state index contributed by atoms with van der Waals surface area (Å²) in [6, 6.07) is 11.7. The molecule has 2 aromatic carbocycles. The van der Waals surface area contributed by atoms with E-state index >= 15 is 0 Å². The molecule has 2 bridgehead atoms. The van der Waals surface area contributed by atoms with Crippen LogP contribution in [0.1, 0.15) is 29.3 Å². The average molecular weight is 412 g/mol. The number of carbonyl (C=O) groups is 4.